The summed E-state index contributed by atoms with van der Waals surface area (Å²) in [6, 6.07) is 8.79. The fraction of sp³-hybridized carbons (Fsp3) is 0.333. The monoisotopic (exact) mass is 273 g/mol. The zero-order chi connectivity index (χ0) is 14.7. The lowest BCUT2D eigenvalue weighted by Gasteiger charge is -2.16. The van der Waals surface area contributed by atoms with Crippen molar-refractivity contribution in [3.05, 3.63) is 57.8 Å². The molecule has 0 saturated carbocycles. The number of nitrogens with two attached hydrogens (primary N) is 1. The van der Waals surface area contributed by atoms with E-state index in [0.717, 1.165) is 17.0 Å². The lowest BCUT2D eigenvalue weighted by molar-refractivity contribution is 0.414. The molecule has 0 aliphatic rings. The largest absolute Gasteiger partial charge is 0.497 e. The zero-order valence-corrected chi connectivity index (χ0v) is 12.0. The average molecular weight is 273 g/mol. The van der Waals surface area contributed by atoms with Gasteiger partial charge in [0.05, 0.1) is 7.11 Å². The lowest BCUT2D eigenvalue weighted by atomic mass is 10.1. The van der Waals surface area contributed by atoms with Crippen LogP contribution >= 0.6 is 0 Å². The number of methoxy groups -OCH3 is 1. The minimum absolute atomic E-state index is 0.0704. The number of benzene rings is 1. The van der Waals surface area contributed by atoms with Crippen molar-refractivity contribution in [2.75, 3.05) is 7.11 Å². The fourth-order valence-electron chi connectivity index (χ4n) is 2.14. The minimum atomic E-state index is -0.262. The third kappa shape index (κ3) is 3.05. The van der Waals surface area contributed by atoms with Gasteiger partial charge in [-0.05, 0) is 31.5 Å². The number of hydrogen-bond acceptors (Lipinski definition) is 4. The number of aryl methyl sites for hydroxylation is 2. The smallest absolute Gasteiger partial charge is 0.253 e. The van der Waals surface area contributed by atoms with E-state index in [1.807, 2.05) is 38.1 Å². The Balaban J connectivity index is 2.23. The van der Waals surface area contributed by atoms with Crippen molar-refractivity contribution in [1.29, 1.82) is 0 Å². The highest BCUT2D eigenvalue weighted by Crippen LogP contribution is 2.17. The molecule has 2 aromatic rings. The second kappa shape index (κ2) is 5.88. The molecule has 0 spiro atoms. The van der Waals surface area contributed by atoms with E-state index in [4.69, 9.17) is 10.5 Å². The average Bonchev–Trinajstić information content (AvgIpc) is 2.42. The van der Waals surface area contributed by atoms with Crippen LogP contribution in [0.15, 0.2) is 35.1 Å². The summed E-state index contributed by atoms with van der Waals surface area (Å²) in [5.41, 5.74) is 7.78. The molecule has 0 aliphatic heterocycles. The Kier molecular flexibility index (Phi) is 4.20. The van der Waals surface area contributed by atoms with Crippen LogP contribution < -0.4 is 16.0 Å². The van der Waals surface area contributed by atoms with Crippen molar-refractivity contribution in [3.8, 4) is 5.75 Å². The first-order valence-corrected chi connectivity index (χ1v) is 6.46. The molecule has 1 aromatic carbocycles. The van der Waals surface area contributed by atoms with Crippen LogP contribution in [-0.4, -0.2) is 16.7 Å². The number of nitrogens with zero attached hydrogens (tertiary/aromatic N) is 2. The Morgan fingerprint density at radius 3 is 2.50 bits per heavy atom. The molecule has 20 heavy (non-hydrogen) atoms. The van der Waals surface area contributed by atoms with E-state index in [9.17, 15) is 4.79 Å². The van der Waals surface area contributed by atoms with Crippen LogP contribution in [0.25, 0.3) is 0 Å². The van der Waals surface area contributed by atoms with E-state index in [1.165, 1.54) is 6.07 Å². The summed E-state index contributed by atoms with van der Waals surface area (Å²) in [5, 5.41) is 0. The molecule has 0 radical (unpaired) electrons. The highest BCUT2D eigenvalue weighted by Gasteiger charge is 2.10. The first-order valence-electron chi connectivity index (χ1n) is 6.46. The molecule has 0 saturated heterocycles. The summed E-state index contributed by atoms with van der Waals surface area (Å²) in [4.78, 5) is 16.3. The van der Waals surface area contributed by atoms with Gasteiger partial charge >= 0.3 is 0 Å². The molecule has 2 N–H and O–H groups in total. The highest BCUT2D eigenvalue weighted by molar-refractivity contribution is 5.28. The van der Waals surface area contributed by atoms with Gasteiger partial charge < -0.3 is 10.5 Å². The molecular formula is C15H19N3O2. The second-order valence-corrected chi connectivity index (χ2v) is 4.77. The third-order valence-electron chi connectivity index (χ3n) is 3.25. The summed E-state index contributed by atoms with van der Waals surface area (Å²) in [6.07, 6.45) is 0. The Morgan fingerprint density at radius 2 is 1.95 bits per heavy atom. The number of rotatable bonds is 4. The van der Waals surface area contributed by atoms with Gasteiger partial charge in [0.2, 0.25) is 0 Å². The standard InChI is InChI=1S/C15H19N3O2/c1-10-8-15(19)18(11(2)17-10)9-14(16)12-4-6-13(20-3)7-5-12/h4-8,14H,9,16H2,1-3H3. The van der Waals surface area contributed by atoms with Crippen LogP contribution in [0.1, 0.15) is 23.1 Å². The molecule has 5 nitrogen and oxygen atoms in total. The molecule has 106 valence electrons. The summed E-state index contributed by atoms with van der Waals surface area (Å²) in [5.74, 6) is 1.46. The first kappa shape index (κ1) is 14.3. The van der Waals surface area contributed by atoms with Crippen molar-refractivity contribution < 1.29 is 4.74 Å². The Hall–Kier alpha value is -2.14. The van der Waals surface area contributed by atoms with Crippen LogP contribution in [0.4, 0.5) is 0 Å². The molecular weight excluding hydrogens is 254 g/mol. The summed E-state index contributed by atoms with van der Waals surface area (Å²) in [7, 11) is 1.62. The van der Waals surface area contributed by atoms with E-state index >= 15 is 0 Å². The quantitative estimate of drug-likeness (QED) is 0.918. The van der Waals surface area contributed by atoms with Gasteiger partial charge in [-0.25, -0.2) is 4.98 Å². The van der Waals surface area contributed by atoms with E-state index < -0.39 is 0 Å². The molecule has 0 fully saturated rings. The van der Waals surface area contributed by atoms with Gasteiger partial charge in [-0.3, -0.25) is 9.36 Å². The van der Waals surface area contributed by atoms with Gasteiger partial charge in [-0.15, -0.1) is 0 Å². The summed E-state index contributed by atoms with van der Waals surface area (Å²) < 4.78 is 6.71. The van der Waals surface area contributed by atoms with Crippen molar-refractivity contribution in [2.45, 2.75) is 26.4 Å². The zero-order valence-electron chi connectivity index (χ0n) is 12.0. The number of ether oxygens (including phenoxy) is 1. The molecule has 5 heteroatoms. The predicted octanol–water partition coefficient (Wildman–Crippen LogP) is 1.57. The van der Waals surface area contributed by atoms with Crippen LogP contribution in [0.2, 0.25) is 0 Å². The highest BCUT2D eigenvalue weighted by atomic mass is 16.5. The van der Waals surface area contributed by atoms with Crippen molar-refractivity contribution >= 4 is 0 Å². The molecule has 0 amide bonds. The second-order valence-electron chi connectivity index (χ2n) is 4.77. The molecule has 0 bridgehead atoms. The van der Waals surface area contributed by atoms with E-state index in [-0.39, 0.29) is 11.6 Å². The topological polar surface area (TPSA) is 70.1 Å². The lowest BCUT2D eigenvalue weighted by Crippen LogP contribution is -2.29. The van der Waals surface area contributed by atoms with Gasteiger partial charge in [-0.1, -0.05) is 12.1 Å². The fourth-order valence-corrected chi connectivity index (χ4v) is 2.14. The van der Waals surface area contributed by atoms with Gasteiger partial charge in [0.1, 0.15) is 11.6 Å². The van der Waals surface area contributed by atoms with Crippen LogP contribution in [0.3, 0.4) is 0 Å². The summed E-state index contributed by atoms with van der Waals surface area (Å²) in [6.45, 7) is 4.03. The maximum Gasteiger partial charge on any atom is 0.253 e. The van der Waals surface area contributed by atoms with Crippen LogP contribution in [0, 0.1) is 13.8 Å². The van der Waals surface area contributed by atoms with E-state index in [1.54, 1.807) is 11.7 Å². The minimum Gasteiger partial charge on any atom is -0.497 e. The van der Waals surface area contributed by atoms with Gasteiger partial charge in [0.15, 0.2) is 0 Å². The Labute approximate surface area is 118 Å². The van der Waals surface area contributed by atoms with Crippen LogP contribution in [0.5, 0.6) is 5.75 Å². The molecule has 0 aliphatic carbocycles. The molecule has 1 unspecified atom stereocenters. The van der Waals surface area contributed by atoms with Crippen molar-refractivity contribution in [3.63, 3.8) is 0 Å². The maximum atomic E-state index is 12.0. The van der Waals surface area contributed by atoms with Gasteiger partial charge in [0.25, 0.3) is 5.56 Å². The van der Waals surface area contributed by atoms with Crippen LogP contribution in [-0.2, 0) is 6.54 Å². The maximum absolute atomic E-state index is 12.0. The normalized spacial score (nSPS) is 12.2. The van der Waals surface area contributed by atoms with E-state index in [2.05, 4.69) is 4.98 Å². The first-order chi connectivity index (χ1) is 9.51. The molecule has 1 heterocycles. The van der Waals surface area contributed by atoms with Crippen molar-refractivity contribution in [2.24, 2.45) is 5.73 Å². The summed E-state index contributed by atoms with van der Waals surface area (Å²) >= 11 is 0. The predicted molar refractivity (Wildman–Crippen MR) is 77.9 cm³/mol. The van der Waals surface area contributed by atoms with Gasteiger partial charge in [-0.2, -0.15) is 0 Å². The van der Waals surface area contributed by atoms with E-state index in [0.29, 0.717) is 12.4 Å². The molecule has 2 rings (SSSR count). The Bertz CT molecular complexity index is 647. The Morgan fingerprint density at radius 1 is 1.30 bits per heavy atom. The number of aromatic nitrogens is 2. The van der Waals surface area contributed by atoms with Gasteiger partial charge in [0, 0.05) is 24.3 Å². The molecule has 1 atom stereocenters. The third-order valence-corrected chi connectivity index (χ3v) is 3.25. The number of hydrogen-bond donors (Lipinski definition) is 1. The molecule has 1 aromatic heterocycles. The van der Waals surface area contributed by atoms with Crippen molar-refractivity contribution in [1.82, 2.24) is 9.55 Å². The SMILES string of the molecule is COc1ccc(C(N)Cn2c(C)nc(C)cc2=O)cc1.